The van der Waals surface area contributed by atoms with Crippen LogP contribution in [0.3, 0.4) is 0 Å². The van der Waals surface area contributed by atoms with Crippen molar-refractivity contribution in [2.24, 2.45) is 11.3 Å². The van der Waals surface area contributed by atoms with Gasteiger partial charge in [-0.2, -0.15) is 0 Å². The predicted octanol–water partition coefficient (Wildman–Crippen LogP) is 3.15. The molecule has 0 radical (unpaired) electrons. The first-order valence-corrected chi connectivity index (χ1v) is 5.48. The van der Waals surface area contributed by atoms with Crippen LogP contribution in [0.1, 0.15) is 48.8 Å². The third kappa shape index (κ3) is 2.98. The summed E-state index contributed by atoms with van der Waals surface area (Å²) < 4.78 is 8.17. The Morgan fingerprint density at radius 3 is 2.31 bits per heavy atom. The second-order valence-corrected chi connectivity index (χ2v) is 5.59. The molecule has 2 atom stereocenters. The third-order valence-corrected chi connectivity index (χ3v) is 3.19. The van der Waals surface area contributed by atoms with E-state index in [2.05, 4.69) is 39.5 Å². The summed E-state index contributed by atoms with van der Waals surface area (Å²) in [5.74, 6) is 0.567. The Balaban J connectivity index is 2.56. The first-order valence-electron chi connectivity index (χ1n) is 6.06. The Morgan fingerprint density at radius 1 is 1.31 bits per heavy atom. The number of nitrogens with zero attached hydrogens (tertiary/aromatic N) is 1. The van der Waals surface area contributed by atoms with E-state index in [0.29, 0.717) is 17.4 Å². The zero-order chi connectivity index (χ0) is 10.9. The SMILES string of the molecule is [2H]C1CN(C(C)C)CCC1C(C)(C)C. The molecule has 1 fully saturated rings. The maximum Gasteiger partial charge on any atom is 0.0283 e. The van der Waals surface area contributed by atoms with Gasteiger partial charge in [-0.3, -0.25) is 0 Å². The molecule has 0 N–H and O–H groups in total. The fraction of sp³-hybridized carbons (Fsp3) is 1.00. The summed E-state index contributed by atoms with van der Waals surface area (Å²) in [6.45, 7) is 13.4. The van der Waals surface area contributed by atoms with Crippen LogP contribution < -0.4 is 0 Å². The molecular formula is C12H25N. The molecule has 13 heavy (non-hydrogen) atoms. The molecule has 0 aromatic heterocycles. The fourth-order valence-electron chi connectivity index (χ4n) is 2.03. The first kappa shape index (κ1) is 9.51. The van der Waals surface area contributed by atoms with Crippen molar-refractivity contribution >= 4 is 0 Å². The minimum atomic E-state index is 0.103. The van der Waals surface area contributed by atoms with Crippen LogP contribution in [0.25, 0.3) is 0 Å². The maximum atomic E-state index is 8.17. The third-order valence-electron chi connectivity index (χ3n) is 3.19. The van der Waals surface area contributed by atoms with Gasteiger partial charge in [-0.25, -0.2) is 0 Å². The van der Waals surface area contributed by atoms with E-state index in [1.54, 1.807) is 0 Å². The van der Waals surface area contributed by atoms with Gasteiger partial charge in [0.25, 0.3) is 0 Å². The topological polar surface area (TPSA) is 3.24 Å². The van der Waals surface area contributed by atoms with E-state index in [4.69, 9.17) is 1.37 Å². The maximum absolute atomic E-state index is 8.17. The van der Waals surface area contributed by atoms with Gasteiger partial charge in [-0.1, -0.05) is 20.8 Å². The van der Waals surface area contributed by atoms with Crippen molar-refractivity contribution < 1.29 is 1.37 Å². The van der Waals surface area contributed by atoms with E-state index in [1.807, 2.05) is 0 Å². The van der Waals surface area contributed by atoms with Gasteiger partial charge < -0.3 is 4.90 Å². The lowest BCUT2D eigenvalue weighted by Gasteiger charge is -2.40. The van der Waals surface area contributed by atoms with Crippen LogP contribution in [0.15, 0.2) is 0 Å². The highest BCUT2D eigenvalue weighted by Gasteiger charge is 2.29. The van der Waals surface area contributed by atoms with Gasteiger partial charge >= 0.3 is 0 Å². The second-order valence-electron chi connectivity index (χ2n) is 5.59. The molecule has 1 saturated heterocycles. The Bertz CT molecular complexity index is 183. The zero-order valence-corrected chi connectivity index (χ0v) is 9.80. The zero-order valence-electron chi connectivity index (χ0n) is 10.8. The van der Waals surface area contributed by atoms with Crippen molar-refractivity contribution in [1.29, 1.82) is 0 Å². The monoisotopic (exact) mass is 184 g/mol. The number of hydrogen-bond acceptors (Lipinski definition) is 1. The molecule has 1 nitrogen and oxygen atoms in total. The van der Waals surface area contributed by atoms with Crippen LogP contribution in [0.4, 0.5) is 0 Å². The molecule has 1 aliphatic heterocycles. The summed E-state index contributed by atoms with van der Waals surface area (Å²) in [6, 6.07) is 0.601. The lowest BCUT2D eigenvalue weighted by atomic mass is 9.75. The number of rotatable bonds is 1. The van der Waals surface area contributed by atoms with E-state index < -0.39 is 0 Å². The summed E-state index contributed by atoms with van der Waals surface area (Å²) >= 11 is 0. The summed E-state index contributed by atoms with van der Waals surface area (Å²) in [5.41, 5.74) is 0.301. The highest BCUT2D eigenvalue weighted by atomic mass is 15.1. The summed E-state index contributed by atoms with van der Waals surface area (Å²) in [4.78, 5) is 2.43. The van der Waals surface area contributed by atoms with Crippen LogP contribution in [-0.4, -0.2) is 24.0 Å². The summed E-state index contributed by atoms with van der Waals surface area (Å²) in [5, 5.41) is 0. The van der Waals surface area contributed by atoms with Crippen LogP contribution in [0, 0.1) is 11.3 Å². The van der Waals surface area contributed by atoms with Crippen molar-refractivity contribution in [2.75, 3.05) is 13.1 Å². The van der Waals surface area contributed by atoms with Crippen molar-refractivity contribution in [3.05, 3.63) is 0 Å². The van der Waals surface area contributed by atoms with Crippen LogP contribution in [0.2, 0.25) is 0 Å². The number of hydrogen-bond donors (Lipinski definition) is 0. The van der Waals surface area contributed by atoms with Crippen LogP contribution >= 0.6 is 0 Å². The van der Waals surface area contributed by atoms with Crippen molar-refractivity contribution in [1.82, 2.24) is 4.90 Å². The van der Waals surface area contributed by atoms with Gasteiger partial charge in [0.05, 0.1) is 0 Å². The average molecular weight is 184 g/mol. The number of likely N-dealkylation sites (tertiary alicyclic amines) is 1. The van der Waals surface area contributed by atoms with Gasteiger partial charge in [0.2, 0.25) is 0 Å². The van der Waals surface area contributed by atoms with E-state index in [0.717, 1.165) is 6.54 Å². The minimum absolute atomic E-state index is 0.103. The molecule has 0 aromatic carbocycles. The van der Waals surface area contributed by atoms with Gasteiger partial charge in [0, 0.05) is 7.41 Å². The molecule has 2 unspecified atom stereocenters. The normalized spacial score (nSPS) is 33.5. The lowest BCUT2D eigenvalue weighted by molar-refractivity contribution is 0.0930. The summed E-state index contributed by atoms with van der Waals surface area (Å²) in [7, 11) is 0. The van der Waals surface area contributed by atoms with E-state index in [1.165, 1.54) is 13.0 Å². The smallest absolute Gasteiger partial charge is 0.0283 e. The molecule has 0 aromatic rings. The van der Waals surface area contributed by atoms with E-state index in [-0.39, 0.29) is 6.40 Å². The second kappa shape index (κ2) is 4.00. The molecule has 0 aliphatic carbocycles. The molecule has 0 saturated carbocycles. The van der Waals surface area contributed by atoms with E-state index in [9.17, 15) is 0 Å². The molecule has 0 bridgehead atoms. The minimum Gasteiger partial charge on any atom is -0.301 e. The molecular weight excluding hydrogens is 158 g/mol. The first-order chi connectivity index (χ1) is 6.32. The highest BCUT2D eigenvalue weighted by Crippen LogP contribution is 2.34. The Labute approximate surface area is 84.9 Å². The van der Waals surface area contributed by atoms with Crippen molar-refractivity contribution in [3.8, 4) is 0 Å². The fourth-order valence-corrected chi connectivity index (χ4v) is 2.03. The molecule has 78 valence electrons. The van der Waals surface area contributed by atoms with Crippen LogP contribution in [0.5, 0.6) is 0 Å². The highest BCUT2D eigenvalue weighted by molar-refractivity contribution is 4.81. The molecule has 1 aliphatic rings. The quantitative estimate of drug-likeness (QED) is 0.605. The summed E-state index contributed by atoms with van der Waals surface area (Å²) in [6.07, 6.45) is 1.29. The lowest BCUT2D eigenvalue weighted by Crippen LogP contribution is -2.41. The van der Waals surface area contributed by atoms with Gasteiger partial charge in [-0.15, -0.1) is 0 Å². The largest absolute Gasteiger partial charge is 0.301 e. The molecule has 1 heterocycles. The van der Waals surface area contributed by atoms with Crippen molar-refractivity contribution in [2.45, 2.75) is 53.5 Å². The van der Waals surface area contributed by atoms with Gasteiger partial charge in [0.1, 0.15) is 0 Å². The van der Waals surface area contributed by atoms with Crippen LogP contribution in [-0.2, 0) is 0 Å². The Kier molecular flexibility index (Phi) is 2.92. The standard InChI is InChI=1S/C12H25N/c1-10(2)13-8-6-11(7-9-13)12(3,4)5/h10-11H,6-9H2,1-5H3/i6D. The Hall–Kier alpha value is -0.0400. The van der Waals surface area contributed by atoms with Gasteiger partial charge in [0.15, 0.2) is 0 Å². The molecule has 0 spiro atoms. The molecule has 1 heteroatoms. The Morgan fingerprint density at radius 2 is 1.92 bits per heavy atom. The average Bonchev–Trinajstić information content (AvgIpc) is 2.01. The van der Waals surface area contributed by atoms with Gasteiger partial charge in [-0.05, 0) is 51.1 Å². The van der Waals surface area contributed by atoms with E-state index >= 15 is 0 Å². The number of piperidine rings is 1. The van der Waals surface area contributed by atoms with Crippen molar-refractivity contribution in [3.63, 3.8) is 0 Å². The molecule has 0 amide bonds. The predicted molar refractivity (Wildman–Crippen MR) is 58.9 cm³/mol. The molecule has 1 rings (SSSR count).